The third-order valence-corrected chi connectivity index (χ3v) is 5.66. The Balaban J connectivity index is 1.73. The highest BCUT2D eigenvalue weighted by atomic mass is 32.2. The smallest absolute Gasteiger partial charge is 0.256 e. The highest BCUT2D eigenvalue weighted by Gasteiger charge is 2.17. The van der Waals surface area contributed by atoms with Crippen molar-refractivity contribution < 1.29 is 9.59 Å². The molecule has 0 saturated carbocycles. The average molecular weight is 383 g/mol. The van der Waals surface area contributed by atoms with Crippen LogP contribution in [0.25, 0.3) is 0 Å². The van der Waals surface area contributed by atoms with Gasteiger partial charge >= 0.3 is 0 Å². The first-order chi connectivity index (χ1) is 13.0. The van der Waals surface area contributed by atoms with Crippen LogP contribution in [0.5, 0.6) is 0 Å². The van der Waals surface area contributed by atoms with Gasteiger partial charge in [-0.15, -0.1) is 11.8 Å². The number of rotatable bonds is 6. The van der Waals surface area contributed by atoms with Crippen molar-refractivity contribution in [1.29, 1.82) is 0 Å². The SMILES string of the molecule is CC(C)NC(=O)CSc1ccccc1C(=O)Nc1cccc2c1CCCC2. The van der Waals surface area contributed by atoms with E-state index in [1.807, 2.05) is 50.2 Å². The fraction of sp³-hybridized carbons (Fsp3) is 0.364. The Labute approximate surface area is 165 Å². The first-order valence-electron chi connectivity index (χ1n) is 9.48. The van der Waals surface area contributed by atoms with Crippen LogP contribution in [-0.4, -0.2) is 23.6 Å². The van der Waals surface area contributed by atoms with Crippen LogP contribution in [0.15, 0.2) is 47.4 Å². The molecule has 0 unspecified atom stereocenters. The summed E-state index contributed by atoms with van der Waals surface area (Å²) in [6.07, 6.45) is 4.47. The zero-order valence-corrected chi connectivity index (χ0v) is 16.7. The summed E-state index contributed by atoms with van der Waals surface area (Å²) in [4.78, 5) is 25.7. The van der Waals surface area contributed by atoms with Gasteiger partial charge in [0.15, 0.2) is 0 Å². The van der Waals surface area contributed by atoms with Gasteiger partial charge in [-0.1, -0.05) is 24.3 Å². The van der Waals surface area contributed by atoms with Crippen LogP contribution in [0.1, 0.15) is 48.2 Å². The van der Waals surface area contributed by atoms with E-state index in [4.69, 9.17) is 0 Å². The molecule has 1 aliphatic rings. The van der Waals surface area contributed by atoms with Crippen molar-refractivity contribution in [3.05, 3.63) is 59.2 Å². The summed E-state index contributed by atoms with van der Waals surface area (Å²) in [5.41, 5.74) is 4.12. The average Bonchev–Trinajstić information content (AvgIpc) is 2.66. The summed E-state index contributed by atoms with van der Waals surface area (Å²) < 4.78 is 0. The molecule has 2 N–H and O–H groups in total. The van der Waals surface area contributed by atoms with Crippen LogP contribution in [0.3, 0.4) is 0 Å². The molecule has 1 aliphatic carbocycles. The number of benzene rings is 2. The Morgan fingerprint density at radius 2 is 1.81 bits per heavy atom. The van der Waals surface area contributed by atoms with Gasteiger partial charge in [0, 0.05) is 16.6 Å². The number of nitrogens with one attached hydrogen (secondary N) is 2. The quantitative estimate of drug-likeness (QED) is 0.727. The lowest BCUT2D eigenvalue weighted by atomic mass is 9.90. The largest absolute Gasteiger partial charge is 0.353 e. The van der Waals surface area contributed by atoms with Crippen LogP contribution in [0.2, 0.25) is 0 Å². The van der Waals surface area contributed by atoms with E-state index >= 15 is 0 Å². The molecule has 2 amide bonds. The number of hydrogen-bond donors (Lipinski definition) is 2. The normalized spacial score (nSPS) is 13.1. The number of fused-ring (bicyclic) bond motifs is 1. The number of carbonyl (C=O) groups excluding carboxylic acids is 2. The van der Waals surface area contributed by atoms with Gasteiger partial charge in [-0.3, -0.25) is 9.59 Å². The van der Waals surface area contributed by atoms with Gasteiger partial charge in [0.25, 0.3) is 5.91 Å². The summed E-state index contributed by atoms with van der Waals surface area (Å²) in [5.74, 6) is 0.145. The highest BCUT2D eigenvalue weighted by Crippen LogP contribution is 2.29. The molecule has 0 spiro atoms. The molecule has 0 bridgehead atoms. The van der Waals surface area contributed by atoms with Gasteiger partial charge in [-0.05, 0) is 68.9 Å². The van der Waals surface area contributed by atoms with E-state index in [1.165, 1.54) is 29.3 Å². The van der Waals surface area contributed by atoms with E-state index in [0.717, 1.165) is 29.8 Å². The van der Waals surface area contributed by atoms with Crippen molar-refractivity contribution in [2.24, 2.45) is 0 Å². The lowest BCUT2D eigenvalue weighted by Gasteiger charge is -2.20. The van der Waals surface area contributed by atoms with Gasteiger partial charge in [-0.2, -0.15) is 0 Å². The summed E-state index contributed by atoms with van der Waals surface area (Å²) in [7, 11) is 0. The van der Waals surface area contributed by atoms with Crippen LogP contribution in [-0.2, 0) is 17.6 Å². The fourth-order valence-corrected chi connectivity index (χ4v) is 4.24. The lowest BCUT2D eigenvalue weighted by molar-refractivity contribution is -0.119. The van der Waals surface area contributed by atoms with Crippen LogP contribution in [0, 0.1) is 0 Å². The highest BCUT2D eigenvalue weighted by molar-refractivity contribution is 8.00. The van der Waals surface area contributed by atoms with Gasteiger partial charge in [0.1, 0.15) is 0 Å². The number of thioether (sulfide) groups is 1. The standard InChI is InChI=1S/C22H26N2O2S/c1-15(2)23-21(25)14-27-20-13-6-5-11-18(20)22(26)24-19-12-7-9-16-8-3-4-10-17(16)19/h5-7,9,11-13,15H,3-4,8,10,14H2,1-2H3,(H,23,25)(H,24,26). The molecule has 0 radical (unpaired) electrons. The van der Waals surface area contributed by atoms with Crippen molar-refractivity contribution in [2.75, 3.05) is 11.1 Å². The zero-order valence-electron chi connectivity index (χ0n) is 15.9. The van der Waals surface area contributed by atoms with Gasteiger partial charge < -0.3 is 10.6 Å². The minimum absolute atomic E-state index is 0.0256. The van der Waals surface area contributed by atoms with Crippen LogP contribution >= 0.6 is 11.8 Å². The summed E-state index contributed by atoms with van der Waals surface area (Å²) in [6.45, 7) is 3.87. The zero-order chi connectivity index (χ0) is 19.2. The molecule has 27 heavy (non-hydrogen) atoms. The van der Waals surface area contributed by atoms with Gasteiger partial charge in [0.05, 0.1) is 11.3 Å². The second kappa shape index (κ2) is 9.09. The number of carbonyl (C=O) groups is 2. The predicted octanol–water partition coefficient (Wildman–Crippen LogP) is 4.43. The molecule has 0 heterocycles. The molecule has 2 aromatic rings. The second-order valence-electron chi connectivity index (χ2n) is 7.11. The third kappa shape index (κ3) is 5.13. The van der Waals surface area contributed by atoms with E-state index in [2.05, 4.69) is 16.7 Å². The summed E-state index contributed by atoms with van der Waals surface area (Å²) in [6, 6.07) is 13.7. The van der Waals surface area contributed by atoms with Crippen molar-refractivity contribution >= 4 is 29.3 Å². The van der Waals surface area contributed by atoms with E-state index in [0.29, 0.717) is 11.3 Å². The van der Waals surface area contributed by atoms with E-state index in [9.17, 15) is 9.59 Å². The number of aryl methyl sites for hydroxylation is 1. The topological polar surface area (TPSA) is 58.2 Å². The van der Waals surface area contributed by atoms with E-state index in [1.54, 1.807) is 0 Å². The Kier molecular flexibility index (Phi) is 6.56. The molecule has 0 aliphatic heterocycles. The monoisotopic (exact) mass is 382 g/mol. The Morgan fingerprint density at radius 3 is 2.63 bits per heavy atom. The van der Waals surface area contributed by atoms with Crippen molar-refractivity contribution in [3.63, 3.8) is 0 Å². The predicted molar refractivity (Wildman–Crippen MR) is 111 cm³/mol. The molecular weight excluding hydrogens is 356 g/mol. The van der Waals surface area contributed by atoms with Crippen molar-refractivity contribution in [1.82, 2.24) is 5.32 Å². The molecule has 0 aromatic heterocycles. The maximum absolute atomic E-state index is 12.9. The Hall–Kier alpha value is -2.27. The number of hydrogen-bond acceptors (Lipinski definition) is 3. The lowest BCUT2D eigenvalue weighted by Crippen LogP contribution is -2.31. The molecule has 5 heteroatoms. The molecule has 4 nitrogen and oxygen atoms in total. The van der Waals surface area contributed by atoms with Crippen molar-refractivity contribution in [3.8, 4) is 0 Å². The summed E-state index contributed by atoms with van der Waals surface area (Å²) in [5, 5.41) is 5.97. The molecule has 142 valence electrons. The van der Waals surface area contributed by atoms with Crippen LogP contribution < -0.4 is 10.6 Å². The minimum atomic E-state index is -0.124. The maximum Gasteiger partial charge on any atom is 0.256 e. The maximum atomic E-state index is 12.9. The van der Waals surface area contributed by atoms with E-state index in [-0.39, 0.29) is 17.9 Å². The first kappa shape index (κ1) is 19.5. The first-order valence-corrected chi connectivity index (χ1v) is 10.5. The Bertz CT molecular complexity index is 833. The molecule has 0 atom stereocenters. The Morgan fingerprint density at radius 1 is 1.04 bits per heavy atom. The fourth-order valence-electron chi connectivity index (χ4n) is 3.38. The van der Waals surface area contributed by atoms with Crippen molar-refractivity contribution in [2.45, 2.75) is 50.5 Å². The third-order valence-electron chi connectivity index (χ3n) is 4.58. The van der Waals surface area contributed by atoms with Crippen LogP contribution in [0.4, 0.5) is 5.69 Å². The number of amides is 2. The molecular formula is C22H26N2O2S. The second-order valence-corrected chi connectivity index (χ2v) is 8.13. The minimum Gasteiger partial charge on any atom is -0.353 e. The van der Waals surface area contributed by atoms with Gasteiger partial charge in [0.2, 0.25) is 5.91 Å². The summed E-state index contributed by atoms with van der Waals surface area (Å²) >= 11 is 1.39. The van der Waals surface area contributed by atoms with Gasteiger partial charge in [-0.25, -0.2) is 0 Å². The number of anilines is 1. The molecule has 0 saturated heterocycles. The van der Waals surface area contributed by atoms with E-state index < -0.39 is 0 Å². The molecule has 0 fully saturated rings. The molecule has 2 aromatic carbocycles. The molecule has 3 rings (SSSR count).